The Hall–Kier alpha value is -1.11. The lowest BCUT2D eigenvalue weighted by molar-refractivity contribution is 0.134. The fourth-order valence-electron chi connectivity index (χ4n) is 2.99. The Bertz CT molecular complexity index is 615. The highest BCUT2D eigenvalue weighted by atomic mass is 32.2. The molecule has 4 N–H and O–H groups in total. The topological polar surface area (TPSA) is 92.4 Å². The van der Waals surface area contributed by atoms with Gasteiger partial charge in [0.25, 0.3) is 0 Å². The van der Waals surface area contributed by atoms with Crippen molar-refractivity contribution in [3.05, 3.63) is 22.8 Å². The monoisotopic (exact) mass is 312 g/mol. The van der Waals surface area contributed by atoms with Gasteiger partial charge in [0, 0.05) is 12.2 Å². The minimum atomic E-state index is -3.62. The van der Waals surface area contributed by atoms with Gasteiger partial charge < -0.3 is 10.8 Å². The SMILES string of the molecule is Cc1cc(N)c(C)c(S(=O)(=O)NCC2CCCC2O)c1C. The lowest BCUT2D eigenvalue weighted by atomic mass is 10.1. The largest absolute Gasteiger partial charge is 0.398 e. The van der Waals surface area contributed by atoms with E-state index in [-0.39, 0.29) is 17.4 Å². The molecule has 2 unspecified atom stereocenters. The maximum Gasteiger partial charge on any atom is 0.241 e. The number of benzene rings is 1. The minimum absolute atomic E-state index is 0.00235. The number of rotatable bonds is 4. The molecular weight excluding hydrogens is 288 g/mol. The summed E-state index contributed by atoms with van der Waals surface area (Å²) in [4.78, 5) is 0.271. The summed E-state index contributed by atoms with van der Waals surface area (Å²) in [7, 11) is -3.62. The molecule has 0 spiro atoms. The molecule has 0 aromatic heterocycles. The summed E-state index contributed by atoms with van der Waals surface area (Å²) in [6, 6.07) is 1.80. The standard InChI is InChI=1S/C15H24N2O3S/c1-9-7-13(16)11(3)15(10(9)2)21(19,20)17-8-12-5-4-6-14(12)18/h7,12,14,17-18H,4-6,8,16H2,1-3H3. The average molecular weight is 312 g/mol. The molecule has 1 fully saturated rings. The van der Waals surface area contributed by atoms with Crippen molar-refractivity contribution in [2.45, 2.75) is 51.0 Å². The second-order valence-electron chi connectivity index (χ2n) is 5.97. The Morgan fingerprint density at radius 3 is 2.52 bits per heavy atom. The van der Waals surface area contributed by atoms with Crippen LogP contribution in [0.2, 0.25) is 0 Å². The highest BCUT2D eigenvalue weighted by molar-refractivity contribution is 7.89. The van der Waals surface area contributed by atoms with E-state index in [1.807, 2.05) is 6.92 Å². The Balaban J connectivity index is 2.28. The van der Waals surface area contributed by atoms with E-state index in [0.717, 1.165) is 30.4 Å². The van der Waals surface area contributed by atoms with E-state index in [9.17, 15) is 13.5 Å². The Labute approximate surface area is 126 Å². The van der Waals surface area contributed by atoms with Crippen LogP contribution in [0.5, 0.6) is 0 Å². The zero-order valence-electron chi connectivity index (χ0n) is 12.8. The Kier molecular flexibility index (Phi) is 4.60. The molecule has 118 valence electrons. The van der Waals surface area contributed by atoms with Gasteiger partial charge in [-0.25, -0.2) is 13.1 Å². The molecule has 0 saturated heterocycles. The molecule has 0 heterocycles. The van der Waals surface area contributed by atoms with Crippen LogP contribution in [0, 0.1) is 26.7 Å². The van der Waals surface area contributed by atoms with Gasteiger partial charge in [0.05, 0.1) is 11.0 Å². The number of sulfonamides is 1. The predicted octanol–water partition coefficient (Wildman–Crippen LogP) is 1.63. The van der Waals surface area contributed by atoms with E-state index < -0.39 is 16.1 Å². The average Bonchev–Trinajstić information content (AvgIpc) is 2.80. The fraction of sp³-hybridized carbons (Fsp3) is 0.600. The van der Waals surface area contributed by atoms with Gasteiger partial charge in [-0.05, 0) is 62.3 Å². The van der Waals surface area contributed by atoms with Crippen molar-refractivity contribution in [3.8, 4) is 0 Å². The van der Waals surface area contributed by atoms with Gasteiger partial charge in [-0.1, -0.05) is 6.42 Å². The third kappa shape index (κ3) is 3.22. The van der Waals surface area contributed by atoms with Gasteiger partial charge in [-0.2, -0.15) is 0 Å². The fourth-order valence-corrected chi connectivity index (χ4v) is 4.65. The number of nitrogen functional groups attached to an aromatic ring is 1. The second kappa shape index (κ2) is 5.94. The maximum absolute atomic E-state index is 12.6. The number of anilines is 1. The van der Waals surface area contributed by atoms with E-state index in [4.69, 9.17) is 5.73 Å². The number of aryl methyl sites for hydroxylation is 1. The summed E-state index contributed by atoms with van der Waals surface area (Å²) < 4.78 is 27.8. The van der Waals surface area contributed by atoms with Crippen LogP contribution in [0.1, 0.15) is 36.0 Å². The highest BCUT2D eigenvalue weighted by Gasteiger charge is 2.28. The van der Waals surface area contributed by atoms with Crippen LogP contribution in [-0.2, 0) is 10.0 Å². The zero-order valence-corrected chi connectivity index (χ0v) is 13.6. The molecule has 6 heteroatoms. The first kappa shape index (κ1) is 16.3. The van der Waals surface area contributed by atoms with Crippen molar-refractivity contribution in [2.75, 3.05) is 12.3 Å². The number of nitrogens with one attached hydrogen (secondary N) is 1. The summed E-state index contributed by atoms with van der Waals surface area (Å²) in [5.41, 5.74) is 8.55. The lowest BCUT2D eigenvalue weighted by Crippen LogP contribution is -2.33. The van der Waals surface area contributed by atoms with E-state index in [2.05, 4.69) is 4.72 Å². The van der Waals surface area contributed by atoms with Crippen LogP contribution in [-0.4, -0.2) is 26.2 Å². The Morgan fingerprint density at radius 1 is 1.29 bits per heavy atom. The summed E-state index contributed by atoms with van der Waals surface area (Å²) in [6.45, 7) is 5.64. The van der Waals surface area contributed by atoms with Crippen LogP contribution in [0.15, 0.2) is 11.0 Å². The first-order chi connectivity index (χ1) is 9.74. The van der Waals surface area contributed by atoms with E-state index in [1.54, 1.807) is 19.9 Å². The first-order valence-electron chi connectivity index (χ1n) is 7.28. The molecule has 1 aromatic carbocycles. The molecule has 0 radical (unpaired) electrons. The van der Waals surface area contributed by atoms with Crippen molar-refractivity contribution in [2.24, 2.45) is 5.92 Å². The summed E-state index contributed by atoms with van der Waals surface area (Å²) in [6.07, 6.45) is 2.15. The molecule has 1 aromatic rings. The van der Waals surface area contributed by atoms with Crippen LogP contribution >= 0.6 is 0 Å². The van der Waals surface area contributed by atoms with Crippen LogP contribution in [0.3, 0.4) is 0 Å². The van der Waals surface area contributed by atoms with Gasteiger partial charge in [0.2, 0.25) is 10.0 Å². The molecule has 2 atom stereocenters. The number of nitrogens with two attached hydrogens (primary N) is 1. The molecular formula is C15H24N2O3S. The molecule has 1 aliphatic carbocycles. The summed E-state index contributed by atoms with van der Waals surface area (Å²) in [5.74, 6) is 0.00235. The zero-order chi connectivity index (χ0) is 15.8. The van der Waals surface area contributed by atoms with Crippen LogP contribution in [0.25, 0.3) is 0 Å². The van der Waals surface area contributed by atoms with Crippen molar-refractivity contribution in [3.63, 3.8) is 0 Å². The molecule has 5 nitrogen and oxygen atoms in total. The quantitative estimate of drug-likeness (QED) is 0.737. The number of hydrogen-bond donors (Lipinski definition) is 3. The third-order valence-corrected chi connectivity index (χ3v) is 6.20. The van der Waals surface area contributed by atoms with Gasteiger partial charge in [0.1, 0.15) is 0 Å². The van der Waals surface area contributed by atoms with Crippen molar-refractivity contribution in [1.82, 2.24) is 4.72 Å². The summed E-state index contributed by atoms with van der Waals surface area (Å²) in [5, 5.41) is 9.80. The van der Waals surface area contributed by atoms with E-state index in [1.165, 1.54) is 0 Å². The van der Waals surface area contributed by atoms with Crippen molar-refractivity contribution >= 4 is 15.7 Å². The predicted molar refractivity (Wildman–Crippen MR) is 83.6 cm³/mol. The van der Waals surface area contributed by atoms with E-state index in [0.29, 0.717) is 11.3 Å². The van der Waals surface area contributed by atoms with Gasteiger partial charge in [0.15, 0.2) is 0 Å². The van der Waals surface area contributed by atoms with E-state index >= 15 is 0 Å². The normalized spacial score (nSPS) is 22.7. The Morgan fingerprint density at radius 2 is 1.95 bits per heavy atom. The molecule has 0 amide bonds. The molecule has 2 rings (SSSR count). The number of hydrogen-bond acceptors (Lipinski definition) is 4. The summed E-state index contributed by atoms with van der Waals surface area (Å²) >= 11 is 0. The molecule has 0 bridgehead atoms. The maximum atomic E-state index is 12.6. The van der Waals surface area contributed by atoms with Crippen molar-refractivity contribution in [1.29, 1.82) is 0 Å². The van der Waals surface area contributed by atoms with Gasteiger partial charge in [-0.15, -0.1) is 0 Å². The third-order valence-electron chi connectivity index (χ3n) is 4.50. The smallest absolute Gasteiger partial charge is 0.241 e. The van der Waals surface area contributed by atoms with Crippen LogP contribution in [0.4, 0.5) is 5.69 Å². The second-order valence-corrected chi connectivity index (χ2v) is 7.68. The minimum Gasteiger partial charge on any atom is -0.398 e. The van der Waals surface area contributed by atoms with Crippen LogP contribution < -0.4 is 10.5 Å². The first-order valence-corrected chi connectivity index (χ1v) is 8.76. The molecule has 1 saturated carbocycles. The lowest BCUT2D eigenvalue weighted by Gasteiger charge is -2.19. The number of aliphatic hydroxyl groups is 1. The van der Waals surface area contributed by atoms with Gasteiger partial charge in [-0.3, -0.25) is 0 Å². The molecule has 0 aliphatic heterocycles. The van der Waals surface area contributed by atoms with Crippen molar-refractivity contribution < 1.29 is 13.5 Å². The number of aliphatic hydroxyl groups excluding tert-OH is 1. The van der Waals surface area contributed by atoms with Gasteiger partial charge >= 0.3 is 0 Å². The highest BCUT2D eigenvalue weighted by Crippen LogP contribution is 2.29. The molecule has 21 heavy (non-hydrogen) atoms. The molecule has 1 aliphatic rings.